The Kier molecular flexibility index (Phi) is 2.38. The molecular weight excluding hydrogens is 348 g/mol. The maximum Gasteiger partial charge on any atom is 0.197 e. The summed E-state index contributed by atoms with van der Waals surface area (Å²) in [5.74, 6) is -0.725. The Balaban J connectivity index is 1.74. The quantitative estimate of drug-likeness (QED) is 0.580. The number of pyridine rings is 1. The summed E-state index contributed by atoms with van der Waals surface area (Å²) in [6.07, 6.45) is -1.14. The standard InChI is InChI=1S/C19H18N4O2S/c1-13-17(20-8-7-18(13)25-2)12-26(24)19-21-15-6-5-14(11-16(15)22-19)23-9-3-4-10-23/h3-11H,12H2,1-2H3,(H,21,22)/i1D3,3D,4D,7D,8D,9D,10D. The van der Waals surface area contributed by atoms with Crippen LogP contribution in [0.2, 0.25) is 0 Å². The number of fused-ring (bicyclic) bond motifs is 1. The molecule has 26 heavy (non-hydrogen) atoms. The molecule has 0 radical (unpaired) electrons. The van der Waals surface area contributed by atoms with Crippen LogP contribution in [-0.4, -0.2) is 30.8 Å². The molecule has 6 nitrogen and oxygen atoms in total. The van der Waals surface area contributed by atoms with Crippen molar-refractivity contribution in [3.8, 4) is 11.4 Å². The molecule has 3 heterocycles. The van der Waals surface area contributed by atoms with Gasteiger partial charge in [0.15, 0.2) is 5.16 Å². The summed E-state index contributed by atoms with van der Waals surface area (Å²) >= 11 is 0. The number of H-pyrrole nitrogens is 1. The van der Waals surface area contributed by atoms with Crippen molar-refractivity contribution in [3.63, 3.8) is 0 Å². The van der Waals surface area contributed by atoms with E-state index in [1.165, 1.54) is 13.2 Å². The van der Waals surface area contributed by atoms with E-state index in [9.17, 15) is 4.21 Å². The molecule has 0 spiro atoms. The molecule has 0 fully saturated rings. The van der Waals surface area contributed by atoms with Gasteiger partial charge in [-0.25, -0.2) is 4.98 Å². The third kappa shape index (κ3) is 3.01. The molecule has 1 unspecified atom stereocenters. The second-order valence-corrected chi connectivity index (χ2v) is 6.61. The van der Waals surface area contributed by atoms with Gasteiger partial charge in [0.25, 0.3) is 0 Å². The second-order valence-electron chi connectivity index (χ2n) is 5.25. The van der Waals surface area contributed by atoms with Gasteiger partial charge in [-0.1, -0.05) is 0 Å². The van der Waals surface area contributed by atoms with Gasteiger partial charge in [0, 0.05) is 33.9 Å². The summed E-state index contributed by atoms with van der Waals surface area (Å²) in [5.41, 5.74) is 0.591. The van der Waals surface area contributed by atoms with E-state index < -0.39 is 35.6 Å². The summed E-state index contributed by atoms with van der Waals surface area (Å²) in [5, 5.41) is 0.00273. The highest BCUT2D eigenvalue weighted by molar-refractivity contribution is 7.84. The highest BCUT2D eigenvalue weighted by Crippen LogP contribution is 2.22. The van der Waals surface area contributed by atoms with Crippen LogP contribution in [0.15, 0.2) is 60.0 Å². The van der Waals surface area contributed by atoms with E-state index in [4.69, 9.17) is 17.1 Å². The van der Waals surface area contributed by atoms with Crippen LogP contribution >= 0.6 is 0 Å². The van der Waals surface area contributed by atoms with Crippen LogP contribution in [0.3, 0.4) is 0 Å². The fourth-order valence-corrected chi connectivity index (χ4v) is 3.41. The Hall–Kier alpha value is -2.93. The molecular formula is C19H18N4O2S. The monoisotopic (exact) mass is 375 g/mol. The van der Waals surface area contributed by atoms with E-state index >= 15 is 0 Å². The Morgan fingerprint density at radius 2 is 2.23 bits per heavy atom. The van der Waals surface area contributed by atoms with E-state index in [2.05, 4.69) is 15.0 Å². The fourth-order valence-electron chi connectivity index (χ4n) is 2.39. The van der Waals surface area contributed by atoms with Crippen molar-refractivity contribution in [3.05, 3.63) is 66.1 Å². The fraction of sp³-hybridized carbons (Fsp3) is 0.158. The Morgan fingerprint density at radius 1 is 1.38 bits per heavy atom. The molecule has 1 N–H and O–H groups in total. The highest BCUT2D eigenvalue weighted by Gasteiger charge is 2.15. The lowest BCUT2D eigenvalue weighted by atomic mass is 10.2. The molecule has 1 aromatic carbocycles. The van der Waals surface area contributed by atoms with Crippen molar-refractivity contribution >= 4 is 21.8 Å². The molecule has 1 atom stereocenters. The van der Waals surface area contributed by atoms with Gasteiger partial charge in [0.2, 0.25) is 0 Å². The van der Waals surface area contributed by atoms with E-state index in [0.29, 0.717) is 16.7 Å². The van der Waals surface area contributed by atoms with Crippen LogP contribution in [0.25, 0.3) is 16.7 Å². The highest BCUT2D eigenvalue weighted by atomic mass is 32.2. The molecule has 132 valence electrons. The maximum atomic E-state index is 13.1. The first kappa shape index (κ1) is 9.14. The zero-order chi connectivity index (χ0) is 25.8. The van der Waals surface area contributed by atoms with Gasteiger partial charge in [-0.15, -0.1) is 0 Å². The average molecular weight is 376 g/mol. The number of ether oxygens (including phenoxy) is 1. The van der Waals surface area contributed by atoms with E-state index in [1.54, 1.807) is 12.1 Å². The number of nitrogens with one attached hydrogen (secondary N) is 1. The topological polar surface area (TPSA) is 72.8 Å². The SMILES string of the molecule is [2H]c1nc(CS(=O)c2nc3ccc(-n4c([2H])c([2H])c([2H])c4[2H])cc3[nH]2)c(C([2H])([2H])[2H])c(OC)c1[2H]. The lowest BCUT2D eigenvalue weighted by Crippen LogP contribution is -2.03. The van der Waals surface area contributed by atoms with Crippen molar-refractivity contribution in [2.75, 3.05) is 7.11 Å². The number of methoxy groups -OCH3 is 1. The van der Waals surface area contributed by atoms with Crippen molar-refractivity contribution in [1.82, 2.24) is 19.5 Å². The van der Waals surface area contributed by atoms with Crippen molar-refractivity contribution in [2.45, 2.75) is 17.8 Å². The second kappa shape index (κ2) is 6.76. The first-order valence-corrected chi connectivity index (χ1v) is 8.75. The Morgan fingerprint density at radius 3 is 3.00 bits per heavy atom. The largest absolute Gasteiger partial charge is 0.496 e. The zero-order valence-electron chi connectivity index (χ0n) is 22.5. The van der Waals surface area contributed by atoms with E-state index in [0.717, 1.165) is 4.57 Å². The number of imidazole rings is 1. The van der Waals surface area contributed by atoms with Crippen molar-refractivity contribution in [2.24, 2.45) is 0 Å². The van der Waals surface area contributed by atoms with Gasteiger partial charge < -0.3 is 14.3 Å². The summed E-state index contributed by atoms with van der Waals surface area (Å²) in [6.45, 7) is -2.73. The Bertz CT molecular complexity index is 1470. The molecule has 7 heteroatoms. The van der Waals surface area contributed by atoms with Gasteiger partial charge in [-0.05, 0) is 43.2 Å². The summed E-state index contributed by atoms with van der Waals surface area (Å²) in [7, 11) is -0.734. The molecule has 0 aliphatic heterocycles. The Labute approximate surface area is 166 Å². The summed E-state index contributed by atoms with van der Waals surface area (Å²) in [6, 6.07) is 3.40. The molecule has 4 rings (SSSR count). The number of nitrogens with zero attached hydrogens (tertiary/aromatic N) is 3. The predicted octanol–water partition coefficient (Wildman–Crippen LogP) is 3.37. The summed E-state index contributed by atoms with van der Waals surface area (Å²) < 4.78 is 90.0. The minimum absolute atomic E-state index is 0.00273. The summed E-state index contributed by atoms with van der Waals surface area (Å²) in [4.78, 5) is 11.0. The number of aromatic nitrogens is 4. The molecule has 0 amide bonds. The van der Waals surface area contributed by atoms with Crippen LogP contribution < -0.4 is 4.74 Å². The van der Waals surface area contributed by atoms with Crippen LogP contribution in [0, 0.1) is 6.85 Å². The van der Waals surface area contributed by atoms with Crippen LogP contribution in [0.1, 0.15) is 23.6 Å². The van der Waals surface area contributed by atoms with Crippen LogP contribution in [0.4, 0.5) is 0 Å². The molecule has 3 aromatic heterocycles. The molecule has 0 aliphatic rings. The van der Waals surface area contributed by atoms with Gasteiger partial charge in [0.05, 0.1) is 48.6 Å². The van der Waals surface area contributed by atoms with Gasteiger partial charge in [-0.3, -0.25) is 9.19 Å². The molecule has 0 bridgehead atoms. The normalized spacial score (nSPS) is 17.8. The molecule has 4 aromatic rings. The first-order chi connectivity index (χ1) is 16.3. The van der Waals surface area contributed by atoms with Crippen molar-refractivity contribution in [1.29, 1.82) is 0 Å². The van der Waals surface area contributed by atoms with Crippen molar-refractivity contribution < 1.29 is 21.3 Å². The maximum absolute atomic E-state index is 13.1. The number of rotatable bonds is 5. The smallest absolute Gasteiger partial charge is 0.197 e. The van der Waals surface area contributed by atoms with E-state index in [-0.39, 0.29) is 46.6 Å². The number of aromatic amines is 1. The molecule has 0 aliphatic carbocycles. The number of benzene rings is 1. The molecule has 0 saturated carbocycles. The lowest BCUT2D eigenvalue weighted by molar-refractivity contribution is 0.410. The van der Waals surface area contributed by atoms with Crippen LogP contribution in [0.5, 0.6) is 5.75 Å². The minimum atomic E-state index is -2.73. The van der Waals surface area contributed by atoms with Gasteiger partial charge in [0.1, 0.15) is 5.75 Å². The third-order valence-electron chi connectivity index (χ3n) is 3.66. The molecule has 0 saturated heterocycles. The van der Waals surface area contributed by atoms with Gasteiger partial charge in [-0.2, -0.15) is 0 Å². The van der Waals surface area contributed by atoms with Crippen LogP contribution in [-0.2, 0) is 16.6 Å². The van der Waals surface area contributed by atoms with Gasteiger partial charge >= 0.3 is 0 Å². The first-order valence-electron chi connectivity index (χ1n) is 11.9. The predicted molar refractivity (Wildman–Crippen MR) is 101 cm³/mol. The number of hydrogen-bond acceptors (Lipinski definition) is 4. The zero-order valence-corrected chi connectivity index (χ0v) is 14.3. The average Bonchev–Trinajstić information content (AvgIpc) is 3.30. The third-order valence-corrected chi connectivity index (χ3v) is 4.82. The van der Waals surface area contributed by atoms with E-state index in [1.807, 2.05) is 0 Å². The minimum Gasteiger partial charge on any atom is -0.496 e. The lowest BCUT2D eigenvalue weighted by Gasteiger charge is -2.08. The number of hydrogen-bond donors (Lipinski definition) is 1.